The lowest BCUT2D eigenvalue weighted by Gasteiger charge is -2.23. The molecule has 4 aromatic rings. The highest BCUT2D eigenvalue weighted by atomic mass is 16.3. The van der Waals surface area contributed by atoms with Crippen LogP contribution in [0.5, 0.6) is 11.5 Å². The van der Waals surface area contributed by atoms with Gasteiger partial charge in [0.05, 0.1) is 6.20 Å². The fraction of sp³-hybridized carbons (Fsp3) is 0.194. The van der Waals surface area contributed by atoms with Gasteiger partial charge in [-0.25, -0.2) is 4.98 Å². The maximum absolute atomic E-state index is 13.6. The predicted molar refractivity (Wildman–Crippen MR) is 152 cm³/mol. The normalized spacial score (nSPS) is 12.1. The van der Waals surface area contributed by atoms with Crippen molar-refractivity contribution in [1.29, 1.82) is 0 Å². The average Bonchev–Trinajstić information content (AvgIpc) is 2.98. The number of hydrogen-bond acceptors (Lipinski definition) is 7. The van der Waals surface area contributed by atoms with Gasteiger partial charge in [0.15, 0.2) is 0 Å². The maximum atomic E-state index is 13.6. The van der Waals surface area contributed by atoms with Crippen molar-refractivity contribution in [3.05, 3.63) is 119 Å². The molecule has 1 heterocycles. The van der Waals surface area contributed by atoms with E-state index in [0.717, 1.165) is 16.7 Å². The smallest absolute Gasteiger partial charge is 0.272 e. The standard InChI is InChI=1S/C31H31N5O5/c1-20-2-4-23(5-3-20)18-34-29(39)26(16-21-6-10-24(37)11-7-21)35-30(40)27(17-22-8-12-25(38)13-9-22)36-31(41)28-19-32-14-15-33-28/h2-15,19,26-27,37-38H,16-18H2,1H3,(H,34,39)(H,35,40)(H,36,41)/t26-,27-/m0/s1. The van der Waals surface area contributed by atoms with Gasteiger partial charge < -0.3 is 26.2 Å². The van der Waals surface area contributed by atoms with E-state index in [-0.39, 0.29) is 36.6 Å². The van der Waals surface area contributed by atoms with Gasteiger partial charge in [0, 0.05) is 31.8 Å². The minimum Gasteiger partial charge on any atom is -0.508 e. The number of rotatable bonds is 11. The number of aryl methyl sites for hydroxylation is 1. The Morgan fingerprint density at radius 2 is 1.24 bits per heavy atom. The molecule has 210 valence electrons. The number of benzene rings is 3. The Hall–Kier alpha value is -5.25. The summed E-state index contributed by atoms with van der Waals surface area (Å²) in [6.45, 7) is 2.24. The van der Waals surface area contributed by atoms with E-state index in [9.17, 15) is 24.6 Å². The summed E-state index contributed by atoms with van der Waals surface area (Å²) in [5.74, 6) is -1.44. The molecule has 5 N–H and O–H groups in total. The van der Waals surface area contributed by atoms with E-state index in [0.29, 0.717) is 5.56 Å². The SMILES string of the molecule is Cc1ccc(CNC(=O)[C@H](Cc2ccc(O)cc2)NC(=O)[C@H](Cc2ccc(O)cc2)NC(=O)c2cnccn2)cc1. The molecule has 0 unspecified atom stereocenters. The van der Waals surface area contributed by atoms with Crippen LogP contribution in [-0.2, 0) is 29.0 Å². The molecule has 2 atom stereocenters. The molecule has 0 aliphatic rings. The molecule has 0 aliphatic carbocycles. The summed E-state index contributed by atoms with van der Waals surface area (Å²) >= 11 is 0. The van der Waals surface area contributed by atoms with Crippen LogP contribution in [0.15, 0.2) is 91.4 Å². The van der Waals surface area contributed by atoms with Gasteiger partial charge in [-0.2, -0.15) is 0 Å². The van der Waals surface area contributed by atoms with Crippen molar-refractivity contribution < 1.29 is 24.6 Å². The number of aromatic hydroxyl groups is 2. The van der Waals surface area contributed by atoms with Gasteiger partial charge >= 0.3 is 0 Å². The van der Waals surface area contributed by atoms with Crippen LogP contribution in [0, 0.1) is 6.92 Å². The monoisotopic (exact) mass is 553 g/mol. The number of carbonyl (C=O) groups is 3. The molecule has 0 radical (unpaired) electrons. The summed E-state index contributed by atoms with van der Waals surface area (Å²) in [5, 5.41) is 27.7. The number of phenolic OH excluding ortho intramolecular Hbond substituents is 2. The van der Waals surface area contributed by atoms with Gasteiger partial charge in [-0.3, -0.25) is 19.4 Å². The molecule has 3 amide bonds. The molecule has 0 aliphatic heterocycles. The zero-order valence-electron chi connectivity index (χ0n) is 22.4. The largest absolute Gasteiger partial charge is 0.508 e. The van der Waals surface area contributed by atoms with Crippen LogP contribution in [0.25, 0.3) is 0 Å². The van der Waals surface area contributed by atoms with Gasteiger partial charge in [-0.15, -0.1) is 0 Å². The molecule has 10 heteroatoms. The molecule has 1 aromatic heterocycles. The van der Waals surface area contributed by atoms with Crippen LogP contribution in [-0.4, -0.2) is 50.0 Å². The zero-order valence-corrected chi connectivity index (χ0v) is 22.4. The van der Waals surface area contributed by atoms with Crippen molar-refractivity contribution in [2.24, 2.45) is 0 Å². The van der Waals surface area contributed by atoms with E-state index < -0.39 is 29.8 Å². The van der Waals surface area contributed by atoms with Crippen LogP contribution in [0.2, 0.25) is 0 Å². The van der Waals surface area contributed by atoms with Crippen LogP contribution >= 0.6 is 0 Å². The first kappa shape index (κ1) is 28.8. The summed E-state index contributed by atoms with van der Waals surface area (Å²) in [4.78, 5) is 47.8. The first-order valence-corrected chi connectivity index (χ1v) is 13.0. The summed E-state index contributed by atoms with van der Waals surface area (Å²) in [6, 6.07) is 18.3. The van der Waals surface area contributed by atoms with Gasteiger partial charge in [-0.05, 0) is 47.9 Å². The van der Waals surface area contributed by atoms with Crippen molar-refractivity contribution in [2.45, 2.75) is 38.4 Å². The summed E-state index contributed by atoms with van der Waals surface area (Å²) < 4.78 is 0. The van der Waals surface area contributed by atoms with Crippen LogP contribution in [0.1, 0.15) is 32.7 Å². The first-order chi connectivity index (χ1) is 19.8. The van der Waals surface area contributed by atoms with Gasteiger partial charge in [0.2, 0.25) is 11.8 Å². The van der Waals surface area contributed by atoms with Crippen molar-refractivity contribution in [1.82, 2.24) is 25.9 Å². The molecule has 0 saturated heterocycles. The molecule has 3 aromatic carbocycles. The molecule has 0 fully saturated rings. The molecular weight excluding hydrogens is 522 g/mol. The lowest BCUT2D eigenvalue weighted by Crippen LogP contribution is -2.55. The quantitative estimate of drug-likeness (QED) is 0.191. The Labute approximate surface area is 237 Å². The summed E-state index contributed by atoms with van der Waals surface area (Å²) in [5.41, 5.74) is 3.44. The Morgan fingerprint density at radius 3 is 1.78 bits per heavy atom. The second-order valence-electron chi connectivity index (χ2n) is 9.62. The molecule has 10 nitrogen and oxygen atoms in total. The van der Waals surface area contributed by atoms with Gasteiger partial charge in [0.25, 0.3) is 5.91 Å². The van der Waals surface area contributed by atoms with E-state index >= 15 is 0 Å². The number of amides is 3. The molecular formula is C31H31N5O5. The third-order valence-corrected chi connectivity index (χ3v) is 6.39. The topological polar surface area (TPSA) is 154 Å². The number of hydrogen-bond donors (Lipinski definition) is 5. The second-order valence-corrected chi connectivity index (χ2v) is 9.62. The first-order valence-electron chi connectivity index (χ1n) is 13.0. The lowest BCUT2D eigenvalue weighted by atomic mass is 10.0. The Kier molecular flexibility index (Phi) is 9.61. The summed E-state index contributed by atoms with van der Waals surface area (Å²) in [6.07, 6.45) is 4.33. The van der Waals surface area contributed by atoms with Gasteiger partial charge in [-0.1, -0.05) is 54.1 Å². The number of carbonyl (C=O) groups excluding carboxylic acids is 3. The molecule has 0 saturated carbocycles. The second kappa shape index (κ2) is 13.7. The summed E-state index contributed by atoms with van der Waals surface area (Å²) in [7, 11) is 0. The fourth-order valence-electron chi connectivity index (χ4n) is 4.09. The van der Waals surface area contributed by atoms with E-state index in [1.807, 2.05) is 31.2 Å². The molecule has 0 spiro atoms. The van der Waals surface area contributed by atoms with E-state index in [2.05, 4.69) is 25.9 Å². The highest BCUT2D eigenvalue weighted by Crippen LogP contribution is 2.14. The molecule has 41 heavy (non-hydrogen) atoms. The third kappa shape index (κ3) is 8.62. The van der Waals surface area contributed by atoms with Crippen molar-refractivity contribution in [3.63, 3.8) is 0 Å². The predicted octanol–water partition coefficient (Wildman–Crippen LogP) is 2.58. The Bertz CT molecular complexity index is 1460. The zero-order chi connectivity index (χ0) is 29.2. The van der Waals surface area contributed by atoms with Crippen LogP contribution in [0.3, 0.4) is 0 Å². The van der Waals surface area contributed by atoms with Gasteiger partial charge in [0.1, 0.15) is 29.3 Å². The molecule has 4 rings (SSSR count). The minimum absolute atomic E-state index is 0.0347. The number of nitrogens with one attached hydrogen (secondary N) is 3. The maximum Gasteiger partial charge on any atom is 0.272 e. The highest BCUT2D eigenvalue weighted by molar-refractivity contribution is 5.97. The lowest BCUT2D eigenvalue weighted by molar-refractivity contribution is -0.130. The molecule has 0 bridgehead atoms. The van der Waals surface area contributed by atoms with Crippen LogP contribution in [0.4, 0.5) is 0 Å². The fourth-order valence-corrected chi connectivity index (χ4v) is 4.09. The number of nitrogens with zero attached hydrogens (tertiary/aromatic N) is 2. The minimum atomic E-state index is -1.07. The van der Waals surface area contributed by atoms with Crippen molar-refractivity contribution >= 4 is 17.7 Å². The van der Waals surface area contributed by atoms with Crippen LogP contribution < -0.4 is 16.0 Å². The highest BCUT2D eigenvalue weighted by Gasteiger charge is 2.28. The van der Waals surface area contributed by atoms with Crippen molar-refractivity contribution in [2.75, 3.05) is 0 Å². The van der Waals surface area contributed by atoms with Crippen molar-refractivity contribution in [3.8, 4) is 11.5 Å². The average molecular weight is 554 g/mol. The Morgan fingerprint density at radius 1 is 0.707 bits per heavy atom. The van der Waals surface area contributed by atoms with E-state index in [4.69, 9.17) is 0 Å². The van der Waals surface area contributed by atoms with E-state index in [1.54, 1.807) is 24.3 Å². The number of phenols is 2. The number of aromatic nitrogens is 2. The van der Waals surface area contributed by atoms with E-state index in [1.165, 1.54) is 42.9 Å². The Balaban J connectivity index is 1.54. The third-order valence-electron chi connectivity index (χ3n) is 6.39.